The fraction of sp³-hybridized carbons (Fsp3) is 0.917. The zero-order valence-electron chi connectivity index (χ0n) is 10.5. The first-order chi connectivity index (χ1) is 8.08. The van der Waals surface area contributed by atoms with Gasteiger partial charge >= 0.3 is 5.97 Å². The molecular formula is C12H23NO4. The molecule has 0 aromatic carbocycles. The predicted molar refractivity (Wildman–Crippen MR) is 63.9 cm³/mol. The molecule has 1 rings (SSSR count). The van der Waals surface area contributed by atoms with E-state index < -0.39 is 12.1 Å². The first kappa shape index (κ1) is 14.4. The van der Waals surface area contributed by atoms with Crippen molar-refractivity contribution < 1.29 is 19.7 Å². The quantitative estimate of drug-likeness (QED) is 0.686. The van der Waals surface area contributed by atoms with Crippen molar-refractivity contribution in [2.45, 2.75) is 31.8 Å². The summed E-state index contributed by atoms with van der Waals surface area (Å²) in [6.45, 7) is 3.04. The molecule has 2 N–H and O–H groups in total. The summed E-state index contributed by atoms with van der Waals surface area (Å²) in [6, 6.07) is 0. The average Bonchev–Trinajstić information content (AvgIpc) is 2.26. The van der Waals surface area contributed by atoms with E-state index in [-0.39, 0.29) is 6.42 Å². The molecule has 0 spiro atoms. The normalized spacial score (nSPS) is 19.5. The predicted octanol–water partition coefficient (Wildman–Crippen LogP) is 0.570. The minimum atomic E-state index is -0.949. The van der Waals surface area contributed by atoms with E-state index >= 15 is 0 Å². The lowest BCUT2D eigenvalue weighted by Crippen LogP contribution is -2.32. The summed E-state index contributed by atoms with van der Waals surface area (Å²) in [4.78, 5) is 12.4. The number of carbonyl (C=O) groups is 1. The topological polar surface area (TPSA) is 70.0 Å². The maximum absolute atomic E-state index is 10.4. The molecule has 1 unspecified atom stereocenters. The summed E-state index contributed by atoms with van der Waals surface area (Å²) >= 11 is 0. The number of carboxylic acids is 1. The van der Waals surface area contributed by atoms with E-state index in [0.29, 0.717) is 12.5 Å². The molecule has 0 aromatic heterocycles. The molecule has 1 atom stereocenters. The van der Waals surface area contributed by atoms with E-state index in [4.69, 9.17) is 9.84 Å². The summed E-state index contributed by atoms with van der Waals surface area (Å²) < 4.78 is 5.30. The summed E-state index contributed by atoms with van der Waals surface area (Å²) in [6.07, 6.45) is 2.38. The molecule has 5 heteroatoms. The third kappa shape index (κ3) is 6.61. The van der Waals surface area contributed by atoms with Gasteiger partial charge in [-0.1, -0.05) is 0 Å². The van der Waals surface area contributed by atoms with Gasteiger partial charge in [-0.2, -0.15) is 0 Å². The number of hydrogen-bond acceptors (Lipinski definition) is 4. The first-order valence-electron chi connectivity index (χ1n) is 6.24. The van der Waals surface area contributed by atoms with Crippen LogP contribution in [0.1, 0.15) is 25.7 Å². The Kier molecular flexibility index (Phi) is 6.47. The molecule has 1 aliphatic heterocycles. The Morgan fingerprint density at radius 3 is 2.71 bits per heavy atom. The lowest BCUT2D eigenvalue weighted by atomic mass is 9.96. The summed E-state index contributed by atoms with van der Waals surface area (Å²) in [5.74, 6) is -0.238. The molecule has 0 saturated carbocycles. The Labute approximate surface area is 102 Å². The van der Waals surface area contributed by atoms with Gasteiger partial charge in [-0.25, -0.2) is 0 Å². The molecule has 0 aliphatic carbocycles. The monoisotopic (exact) mass is 245 g/mol. The molecule has 1 aliphatic rings. The van der Waals surface area contributed by atoms with Gasteiger partial charge in [-0.05, 0) is 38.8 Å². The SMILES string of the molecule is CN(CCC1CCOCC1)CC(O)CC(=O)O. The van der Waals surface area contributed by atoms with Crippen LogP contribution < -0.4 is 0 Å². The summed E-state index contributed by atoms with van der Waals surface area (Å²) in [5.41, 5.74) is 0. The second-order valence-corrected chi connectivity index (χ2v) is 4.86. The van der Waals surface area contributed by atoms with Gasteiger partial charge in [-0.3, -0.25) is 4.79 Å². The van der Waals surface area contributed by atoms with Gasteiger partial charge in [0.05, 0.1) is 12.5 Å². The minimum absolute atomic E-state index is 0.179. The van der Waals surface area contributed by atoms with Crippen LogP contribution in [0.5, 0.6) is 0 Å². The van der Waals surface area contributed by atoms with Crippen molar-refractivity contribution >= 4 is 5.97 Å². The Bertz CT molecular complexity index is 229. The number of nitrogens with zero attached hydrogens (tertiary/aromatic N) is 1. The molecule has 17 heavy (non-hydrogen) atoms. The molecular weight excluding hydrogens is 222 g/mol. The van der Waals surface area contributed by atoms with Crippen LogP contribution >= 0.6 is 0 Å². The zero-order chi connectivity index (χ0) is 12.7. The largest absolute Gasteiger partial charge is 0.481 e. The average molecular weight is 245 g/mol. The Hall–Kier alpha value is -0.650. The summed E-state index contributed by atoms with van der Waals surface area (Å²) in [5, 5.41) is 18.0. The lowest BCUT2D eigenvalue weighted by molar-refractivity contribution is -0.139. The number of aliphatic carboxylic acids is 1. The standard InChI is InChI=1S/C12H23NO4/c1-13(9-11(14)8-12(15)16)5-2-10-3-6-17-7-4-10/h10-11,14H,2-9H2,1H3,(H,15,16). The van der Waals surface area contributed by atoms with E-state index in [0.717, 1.165) is 39.0 Å². The van der Waals surface area contributed by atoms with Gasteiger partial charge in [0.15, 0.2) is 0 Å². The van der Waals surface area contributed by atoms with Crippen molar-refractivity contribution in [2.75, 3.05) is 33.4 Å². The number of likely N-dealkylation sites (N-methyl/N-ethyl adjacent to an activating group) is 1. The van der Waals surface area contributed by atoms with Gasteiger partial charge in [0.1, 0.15) is 0 Å². The minimum Gasteiger partial charge on any atom is -0.481 e. The van der Waals surface area contributed by atoms with E-state index in [1.54, 1.807) is 0 Å². The maximum Gasteiger partial charge on any atom is 0.306 e. The van der Waals surface area contributed by atoms with Crippen LogP contribution in [0.15, 0.2) is 0 Å². The van der Waals surface area contributed by atoms with E-state index in [1.807, 2.05) is 11.9 Å². The number of ether oxygens (including phenoxy) is 1. The van der Waals surface area contributed by atoms with Crippen molar-refractivity contribution in [3.63, 3.8) is 0 Å². The van der Waals surface area contributed by atoms with E-state index in [1.165, 1.54) is 0 Å². The third-order valence-corrected chi connectivity index (χ3v) is 3.19. The van der Waals surface area contributed by atoms with Gasteiger partial charge in [0.25, 0.3) is 0 Å². The molecule has 1 heterocycles. The number of rotatable bonds is 7. The third-order valence-electron chi connectivity index (χ3n) is 3.19. The number of aliphatic hydroxyl groups excluding tert-OH is 1. The van der Waals surface area contributed by atoms with Crippen molar-refractivity contribution in [3.05, 3.63) is 0 Å². The Morgan fingerprint density at radius 2 is 2.12 bits per heavy atom. The first-order valence-corrected chi connectivity index (χ1v) is 6.24. The highest BCUT2D eigenvalue weighted by Crippen LogP contribution is 2.18. The van der Waals surface area contributed by atoms with Gasteiger partial charge in [-0.15, -0.1) is 0 Å². The fourth-order valence-corrected chi connectivity index (χ4v) is 2.16. The summed E-state index contributed by atoms with van der Waals surface area (Å²) in [7, 11) is 1.92. The maximum atomic E-state index is 10.4. The molecule has 0 bridgehead atoms. The molecule has 100 valence electrons. The van der Waals surface area contributed by atoms with Gasteiger partial charge < -0.3 is 19.8 Å². The van der Waals surface area contributed by atoms with Crippen LogP contribution in [0.3, 0.4) is 0 Å². The number of hydrogen-bond donors (Lipinski definition) is 2. The number of aliphatic hydroxyl groups is 1. The van der Waals surface area contributed by atoms with Gasteiger partial charge in [0, 0.05) is 19.8 Å². The van der Waals surface area contributed by atoms with Crippen LogP contribution in [0, 0.1) is 5.92 Å². The highest BCUT2D eigenvalue weighted by Gasteiger charge is 2.16. The van der Waals surface area contributed by atoms with E-state index in [9.17, 15) is 9.90 Å². The van der Waals surface area contributed by atoms with Crippen molar-refractivity contribution in [1.82, 2.24) is 4.90 Å². The molecule has 1 fully saturated rings. The molecule has 1 saturated heterocycles. The molecule has 0 aromatic rings. The van der Waals surface area contributed by atoms with Gasteiger partial charge in [0.2, 0.25) is 0 Å². The smallest absolute Gasteiger partial charge is 0.306 e. The number of carboxylic acid groups (broad SMARTS) is 1. The van der Waals surface area contributed by atoms with Crippen molar-refractivity contribution in [3.8, 4) is 0 Å². The Morgan fingerprint density at radius 1 is 1.47 bits per heavy atom. The Balaban J connectivity index is 2.11. The van der Waals surface area contributed by atoms with Crippen molar-refractivity contribution in [2.24, 2.45) is 5.92 Å². The molecule has 0 amide bonds. The molecule has 5 nitrogen and oxygen atoms in total. The van der Waals surface area contributed by atoms with Crippen LogP contribution in [-0.4, -0.2) is 60.5 Å². The van der Waals surface area contributed by atoms with Crippen LogP contribution in [0.4, 0.5) is 0 Å². The zero-order valence-corrected chi connectivity index (χ0v) is 10.5. The van der Waals surface area contributed by atoms with Crippen LogP contribution in [-0.2, 0) is 9.53 Å². The lowest BCUT2D eigenvalue weighted by Gasteiger charge is -2.25. The van der Waals surface area contributed by atoms with Crippen LogP contribution in [0.25, 0.3) is 0 Å². The second kappa shape index (κ2) is 7.63. The van der Waals surface area contributed by atoms with E-state index in [2.05, 4.69) is 0 Å². The molecule has 0 radical (unpaired) electrons. The van der Waals surface area contributed by atoms with Crippen LogP contribution in [0.2, 0.25) is 0 Å². The highest BCUT2D eigenvalue weighted by atomic mass is 16.5. The highest BCUT2D eigenvalue weighted by molar-refractivity contribution is 5.67. The second-order valence-electron chi connectivity index (χ2n) is 4.86. The fourth-order valence-electron chi connectivity index (χ4n) is 2.16. The van der Waals surface area contributed by atoms with Crippen molar-refractivity contribution in [1.29, 1.82) is 0 Å².